The van der Waals surface area contributed by atoms with E-state index in [4.69, 9.17) is 0 Å². The fourth-order valence-corrected chi connectivity index (χ4v) is 2.32. The highest BCUT2D eigenvalue weighted by Gasteiger charge is 2.32. The van der Waals surface area contributed by atoms with E-state index in [1.165, 1.54) is 4.57 Å². The molecule has 0 radical (unpaired) electrons. The summed E-state index contributed by atoms with van der Waals surface area (Å²) < 4.78 is 1.18. The van der Waals surface area contributed by atoms with Crippen LogP contribution >= 0.6 is 0 Å². The largest absolute Gasteiger partial charge is 0.287 e. The molecular formula is C14H12N4O4. The summed E-state index contributed by atoms with van der Waals surface area (Å²) in [6, 6.07) is 6.80. The third kappa shape index (κ3) is 2.24. The van der Waals surface area contributed by atoms with Crippen LogP contribution in [0.2, 0.25) is 0 Å². The maximum absolute atomic E-state index is 12.4. The van der Waals surface area contributed by atoms with Crippen LogP contribution in [-0.2, 0) is 20.9 Å². The van der Waals surface area contributed by atoms with E-state index in [-0.39, 0.29) is 18.5 Å². The molecule has 112 valence electrons. The molecule has 0 unspecified atom stereocenters. The van der Waals surface area contributed by atoms with E-state index < -0.39 is 17.7 Å². The summed E-state index contributed by atoms with van der Waals surface area (Å²) in [5.41, 5.74) is 2.33. The summed E-state index contributed by atoms with van der Waals surface area (Å²) in [4.78, 5) is 51.4. The predicted octanol–water partition coefficient (Wildman–Crippen LogP) is -0.505. The van der Waals surface area contributed by atoms with Gasteiger partial charge in [-0.15, -0.1) is 0 Å². The Bertz CT molecular complexity index is 871. The SMILES string of the molecule is Cc1nc2ccccc2c(=O)n1CC(=O)N1NC(=O)CC1=O. The van der Waals surface area contributed by atoms with Gasteiger partial charge < -0.3 is 0 Å². The minimum atomic E-state index is -0.682. The van der Waals surface area contributed by atoms with Gasteiger partial charge in [-0.05, 0) is 19.1 Å². The highest BCUT2D eigenvalue weighted by Crippen LogP contribution is 2.08. The van der Waals surface area contributed by atoms with Crippen LogP contribution in [0.1, 0.15) is 12.2 Å². The van der Waals surface area contributed by atoms with Crippen LogP contribution < -0.4 is 11.0 Å². The Morgan fingerprint density at radius 1 is 1.27 bits per heavy atom. The number of nitrogens with zero attached hydrogens (tertiary/aromatic N) is 3. The van der Waals surface area contributed by atoms with Gasteiger partial charge in [0.25, 0.3) is 17.4 Å². The Balaban J connectivity index is 1.97. The Morgan fingerprint density at radius 2 is 2.00 bits per heavy atom. The molecule has 1 aliphatic heterocycles. The molecule has 2 heterocycles. The van der Waals surface area contributed by atoms with E-state index in [1.54, 1.807) is 31.2 Å². The Morgan fingerprint density at radius 3 is 2.68 bits per heavy atom. The Hall–Kier alpha value is -3.03. The molecular weight excluding hydrogens is 288 g/mol. The van der Waals surface area contributed by atoms with Crippen molar-refractivity contribution in [2.45, 2.75) is 19.9 Å². The van der Waals surface area contributed by atoms with Crippen molar-refractivity contribution in [3.8, 4) is 0 Å². The first-order valence-electron chi connectivity index (χ1n) is 6.59. The average Bonchev–Trinajstić information content (AvgIpc) is 2.82. The fourth-order valence-electron chi connectivity index (χ4n) is 2.32. The zero-order valence-electron chi connectivity index (χ0n) is 11.7. The van der Waals surface area contributed by atoms with Gasteiger partial charge in [0.2, 0.25) is 5.91 Å². The number of hydrogen-bond acceptors (Lipinski definition) is 5. The number of rotatable bonds is 2. The number of imide groups is 1. The maximum atomic E-state index is 12.4. The van der Waals surface area contributed by atoms with Gasteiger partial charge in [-0.1, -0.05) is 12.1 Å². The third-order valence-electron chi connectivity index (χ3n) is 3.39. The number of aryl methyl sites for hydroxylation is 1. The second-order valence-electron chi connectivity index (χ2n) is 4.90. The molecule has 1 saturated heterocycles. The zero-order valence-corrected chi connectivity index (χ0v) is 11.7. The van der Waals surface area contributed by atoms with Crippen molar-refractivity contribution in [2.24, 2.45) is 0 Å². The number of carbonyl (C=O) groups is 3. The highest BCUT2D eigenvalue weighted by molar-refractivity contribution is 6.09. The number of amides is 3. The number of carbonyl (C=O) groups excluding carboxylic acids is 3. The van der Waals surface area contributed by atoms with Crippen LogP contribution in [0, 0.1) is 6.92 Å². The van der Waals surface area contributed by atoms with E-state index >= 15 is 0 Å². The van der Waals surface area contributed by atoms with Gasteiger partial charge in [0.05, 0.1) is 10.9 Å². The smallest absolute Gasteiger partial charge is 0.268 e. The summed E-state index contributed by atoms with van der Waals surface area (Å²) >= 11 is 0. The number of hydrogen-bond donors (Lipinski definition) is 1. The van der Waals surface area contributed by atoms with Crippen LogP contribution in [-0.4, -0.2) is 32.3 Å². The molecule has 0 bridgehead atoms. The van der Waals surface area contributed by atoms with Gasteiger partial charge in [-0.3, -0.25) is 29.2 Å². The summed E-state index contributed by atoms with van der Waals surface area (Å²) in [7, 11) is 0. The Kier molecular flexibility index (Phi) is 3.21. The summed E-state index contributed by atoms with van der Waals surface area (Å²) in [6.45, 7) is 1.24. The van der Waals surface area contributed by atoms with Crippen LogP contribution in [0.25, 0.3) is 10.9 Å². The molecule has 8 heteroatoms. The molecule has 1 aromatic carbocycles. The van der Waals surface area contributed by atoms with Crippen LogP contribution in [0.5, 0.6) is 0 Å². The minimum Gasteiger partial charge on any atom is -0.287 e. The lowest BCUT2D eigenvalue weighted by molar-refractivity contribution is -0.146. The molecule has 0 aliphatic carbocycles. The lowest BCUT2D eigenvalue weighted by Crippen LogP contribution is -2.44. The first-order chi connectivity index (χ1) is 10.5. The first-order valence-corrected chi connectivity index (χ1v) is 6.59. The van der Waals surface area contributed by atoms with Crippen LogP contribution in [0.3, 0.4) is 0 Å². The lowest BCUT2D eigenvalue weighted by Gasteiger charge is -2.15. The van der Waals surface area contributed by atoms with Crippen molar-refractivity contribution in [2.75, 3.05) is 0 Å². The van der Waals surface area contributed by atoms with Gasteiger partial charge in [0.15, 0.2) is 0 Å². The van der Waals surface area contributed by atoms with E-state index in [2.05, 4.69) is 10.4 Å². The quantitative estimate of drug-likeness (QED) is 0.753. The number of fused-ring (bicyclic) bond motifs is 1. The highest BCUT2D eigenvalue weighted by atomic mass is 16.2. The number of nitrogens with one attached hydrogen (secondary N) is 1. The second-order valence-corrected chi connectivity index (χ2v) is 4.90. The van der Waals surface area contributed by atoms with Gasteiger partial charge in [0.1, 0.15) is 18.8 Å². The molecule has 1 N–H and O–H groups in total. The number of benzene rings is 1. The van der Waals surface area contributed by atoms with E-state index in [1.807, 2.05) is 0 Å². The van der Waals surface area contributed by atoms with E-state index in [0.29, 0.717) is 21.7 Å². The van der Waals surface area contributed by atoms with Crippen molar-refractivity contribution < 1.29 is 14.4 Å². The lowest BCUT2D eigenvalue weighted by atomic mass is 10.2. The van der Waals surface area contributed by atoms with Crippen molar-refractivity contribution in [3.63, 3.8) is 0 Å². The topological polar surface area (TPSA) is 101 Å². The van der Waals surface area contributed by atoms with E-state index in [0.717, 1.165) is 0 Å². The molecule has 2 aromatic rings. The number of hydrazine groups is 1. The zero-order chi connectivity index (χ0) is 15.9. The predicted molar refractivity (Wildman–Crippen MR) is 75.4 cm³/mol. The van der Waals surface area contributed by atoms with Gasteiger partial charge >= 0.3 is 0 Å². The third-order valence-corrected chi connectivity index (χ3v) is 3.39. The van der Waals surface area contributed by atoms with Gasteiger partial charge in [-0.2, -0.15) is 5.01 Å². The van der Waals surface area contributed by atoms with Crippen molar-refractivity contribution in [1.82, 2.24) is 20.0 Å². The molecule has 8 nitrogen and oxygen atoms in total. The standard InChI is InChI=1S/C14H12N4O4/c1-8-15-10-5-3-2-4-9(10)14(22)17(8)7-13(21)18-12(20)6-11(19)16-18/h2-5H,6-7H2,1H3,(H,16,19). The number of para-hydroxylation sites is 1. The molecule has 1 aliphatic rings. The first kappa shape index (κ1) is 13.9. The summed E-state index contributed by atoms with van der Waals surface area (Å²) in [5, 5.41) is 1.03. The maximum Gasteiger partial charge on any atom is 0.268 e. The molecule has 0 atom stereocenters. The summed E-state index contributed by atoms with van der Waals surface area (Å²) in [6.07, 6.45) is -0.365. The monoisotopic (exact) mass is 300 g/mol. The van der Waals surface area contributed by atoms with Crippen LogP contribution in [0.4, 0.5) is 0 Å². The Labute approximate surface area is 124 Å². The molecule has 0 saturated carbocycles. The summed E-state index contributed by atoms with van der Waals surface area (Å²) in [5.74, 6) is -1.50. The number of aromatic nitrogens is 2. The molecule has 1 aromatic heterocycles. The van der Waals surface area contributed by atoms with Crippen LogP contribution in [0.15, 0.2) is 29.1 Å². The molecule has 22 heavy (non-hydrogen) atoms. The molecule has 3 rings (SSSR count). The second kappa shape index (κ2) is 5.06. The fraction of sp³-hybridized carbons (Fsp3) is 0.214. The van der Waals surface area contributed by atoms with Crippen molar-refractivity contribution >= 4 is 28.6 Å². The van der Waals surface area contributed by atoms with E-state index in [9.17, 15) is 19.2 Å². The molecule has 3 amide bonds. The van der Waals surface area contributed by atoms with Crippen molar-refractivity contribution in [1.29, 1.82) is 0 Å². The normalized spacial score (nSPS) is 14.5. The molecule has 1 fully saturated rings. The van der Waals surface area contributed by atoms with Gasteiger partial charge in [-0.25, -0.2) is 4.98 Å². The average molecular weight is 300 g/mol. The van der Waals surface area contributed by atoms with Gasteiger partial charge in [0, 0.05) is 0 Å². The van der Waals surface area contributed by atoms with Crippen molar-refractivity contribution in [3.05, 3.63) is 40.4 Å². The molecule has 0 spiro atoms. The minimum absolute atomic E-state index is 0.357.